The van der Waals surface area contributed by atoms with Crippen LogP contribution in [0, 0.1) is 17.0 Å². The Bertz CT molecular complexity index is 861. The molecule has 0 fully saturated rings. The Kier molecular flexibility index (Phi) is 5.41. The van der Waals surface area contributed by atoms with Crippen molar-refractivity contribution in [3.8, 4) is 0 Å². The quantitative estimate of drug-likeness (QED) is 0.460. The van der Waals surface area contributed by atoms with Crippen LogP contribution in [0.2, 0.25) is 0 Å². The maximum atomic E-state index is 12.8. The Labute approximate surface area is 152 Å². The highest BCUT2D eigenvalue weighted by Gasteiger charge is 2.21. The summed E-state index contributed by atoms with van der Waals surface area (Å²) in [7, 11) is 0. The summed E-state index contributed by atoms with van der Waals surface area (Å²) in [4.78, 5) is 29.8. The van der Waals surface area contributed by atoms with Crippen LogP contribution in [0.5, 0.6) is 0 Å². The van der Waals surface area contributed by atoms with E-state index in [-0.39, 0.29) is 18.0 Å². The summed E-state index contributed by atoms with van der Waals surface area (Å²) in [5.74, 6) is 0.740. The zero-order chi connectivity index (χ0) is 18.5. The number of carbonyl (C=O) groups excluding carboxylic acids is 1. The molecule has 0 N–H and O–H groups in total. The molecule has 6 nitrogen and oxygen atoms in total. The first-order valence-electron chi connectivity index (χ1n) is 8.70. The normalized spacial score (nSPS) is 13.8. The van der Waals surface area contributed by atoms with Gasteiger partial charge in [0.2, 0.25) is 0 Å². The molecule has 1 heterocycles. The van der Waals surface area contributed by atoms with Crippen molar-refractivity contribution in [3.05, 3.63) is 69.8 Å². The van der Waals surface area contributed by atoms with Gasteiger partial charge in [0, 0.05) is 36.3 Å². The molecular weight excluding hydrogens is 330 g/mol. The van der Waals surface area contributed by atoms with Gasteiger partial charge in [-0.15, -0.1) is 0 Å². The predicted octanol–water partition coefficient (Wildman–Crippen LogP) is 4.17. The van der Waals surface area contributed by atoms with E-state index in [0.717, 1.165) is 42.9 Å². The minimum atomic E-state index is -0.486. The number of benzene rings is 2. The average Bonchev–Trinajstić information content (AvgIpc) is 2.66. The van der Waals surface area contributed by atoms with Gasteiger partial charge in [0.1, 0.15) is 5.84 Å². The minimum Gasteiger partial charge on any atom is -0.322 e. The number of ketones is 1. The zero-order valence-corrected chi connectivity index (χ0v) is 14.7. The first kappa shape index (κ1) is 17.8. The molecule has 0 aromatic heterocycles. The standard InChI is InChI=1S/C20H21N3O3/c1-15-6-4-8-17(12-15)22(20-10-2-3-11-21-20)14-19(24)16-7-5-9-18(13-16)23(25)26/h4-9,12-13H,2-3,10-11,14H2,1H3. The summed E-state index contributed by atoms with van der Waals surface area (Å²) in [6.45, 7) is 2.89. The topological polar surface area (TPSA) is 75.8 Å². The van der Waals surface area contributed by atoms with E-state index in [1.54, 1.807) is 12.1 Å². The molecule has 0 unspecified atom stereocenters. The highest BCUT2D eigenvalue weighted by Crippen LogP contribution is 2.22. The third kappa shape index (κ3) is 4.14. The molecule has 0 amide bonds. The number of amidine groups is 1. The van der Waals surface area contributed by atoms with Crippen molar-refractivity contribution in [2.75, 3.05) is 18.0 Å². The summed E-state index contributed by atoms with van der Waals surface area (Å²) in [5.41, 5.74) is 2.29. The molecule has 134 valence electrons. The predicted molar refractivity (Wildman–Crippen MR) is 102 cm³/mol. The number of non-ortho nitro benzene ring substituents is 1. The third-order valence-corrected chi connectivity index (χ3v) is 4.41. The van der Waals surface area contributed by atoms with Crippen molar-refractivity contribution in [1.82, 2.24) is 0 Å². The molecule has 0 radical (unpaired) electrons. The van der Waals surface area contributed by atoms with Crippen LogP contribution in [0.1, 0.15) is 35.2 Å². The molecule has 0 atom stereocenters. The number of aliphatic imine (C=N–C) groups is 1. The second-order valence-electron chi connectivity index (χ2n) is 6.41. The summed E-state index contributed by atoms with van der Waals surface area (Å²) in [5, 5.41) is 11.0. The molecule has 1 aliphatic rings. The van der Waals surface area contributed by atoms with E-state index in [2.05, 4.69) is 4.99 Å². The first-order chi connectivity index (χ1) is 12.5. The zero-order valence-electron chi connectivity index (χ0n) is 14.7. The van der Waals surface area contributed by atoms with E-state index in [0.29, 0.717) is 5.56 Å². The maximum Gasteiger partial charge on any atom is 0.270 e. The van der Waals surface area contributed by atoms with Gasteiger partial charge in [0.25, 0.3) is 5.69 Å². The van der Waals surface area contributed by atoms with Gasteiger partial charge >= 0.3 is 0 Å². The van der Waals surface area contributed by atoms with Gasteiger partial charge in [0.05, 0.1) is 11.5 Å². The van der Waals surface area contributed by atoms with Crippen LogP contribution >= 0.6 is 0 Å². The fourth-order valence-corrected chi connectivity index (χ4v) is 3.06. The number of anilines is 1. The molecule has 1 aliphatic heterocycles. The minimum absolute atomic E-state index is 0.0760. The third-order valence-electron chi connectivity index (χ3n) is 4.41. The molecule has 3 rings (SSSR count). The number of hydrogen-bond acceptors (Lipinski definition) is 5. The summed E-state index contributed by atoms with van der Waals surface area (Å²) in [6.07, 6.45) is 2.94. The smallest absolute Gasteiger partial charge is 0.270 e. The van der Waals surface area contributed by atoms with E-state index in [4.69, 9.17) is 0 Å². The number of Topliss-reactive ketones (excluding diaryl/α,β-unsaturated/α-hetero) is 1. The molecule has 0 bridgehead atoms. The Balaban J connectivity index is 1.90. The molecular formula is C20H21N3O3. The lowest BCUT2D eigenvalue weighted by atomic mass is 10.1. The van der Waals surface area contributed by atoms with Crippen molar-refractivity contribution < 1.29 is 9.72 Å². The fraction of sp³-hybridized carbons (Fsp3) is 0.300. The molecule has 0 spiro atoms. The number of nitro benzene ring substituents is 1. The van der Waals surface area contributed by atoms with E-state index >= 15 is 0 Å². The Morgan fingerprint density at radius 2 is 2.00 bits per heavy atom. The summed E-state index contributed by atoms with van der Waals surface area (Å²) in [6, 6.07) is 13.8. The van der Waals surface area contributed by atoms with Gasteiger partial charge in [-0.1, -0.05) is 24.3 Å². The van der Waals surface area contributed by atoms with E-state index in [1.807, 2.05) is 36.1 Å². The second-order valence-corrected chi connectivity index (χ2v) is 6.41. The van der Waals surface area contributed by atoms with E-state index in [9.17, 15) is 14.9 Å². The van der Waals surface area contributed by atoms with Crippen LogP contribution in [0.3, 0.4) is 0 Å². The van der Waals surface area contributed by atoms with Gasteiger partial charge in [-0.05, 0) is 37.5 Å². The highest BCUT2D eigenvalue weighted by molar-refractivity contribution is 6.07. The number of nitrogens with zero attached hydrogens (tertiary/aromatic N) is 3. The van der Waals surface area contributed by atoms with Crippen LogP contribution in [0.15, 0.2) is 53.5 Å². The number of rotatable bonds is 5. The monoisotopic (exact) mass is 351 g/mol. The molecule has 26 heavy (non-hydrogen) atoms. The van der Waals surface area contributed by atoms with Crippen molar-refractivity contribution in [3.63, 3.8) is 0 Å². The molecule has 0 saturated heterocycles. The fourth-order valence-electron chi connectivity index (χ4n) is 3.06. The largest absolute Gasteiger partial charge is 0.322 e. The van der Waals surface area contributed by atoms with Gasteiger partial charge in [0.15, 0.2) is 5.78 Å². The SMILES string of the molecule is Cc1cccc(N(CC(=O)c2cccc([N+](=O)[O-])c2)C2=NCCCC2)c1. The van der Waals surface area contributed by atoms with Crippen molar-refractivity contribution in [2.45, 2.75) is 26.2 Å². The van der Waals surface area contributed by atoms with Crippen molar-refractivity contribution >= 4 is 23.0 Å². The second kappa shape index (κ2) is 7.91. The van der Waals surface area contributed by atoms with Crippen LogP contribution in [-0.2, 0) is 0 Å². The van der Waals surface area contributed by atoms with Crippen molar-refractivity contribution in [1.29, 1.82) is 0 Å². The van der Waals surface area contributed by atoms with Gasteiger partial charge in [-0.3, -0.25) is 19.9 Å². The van der Waals surface area contributed by atoms with Crippen LogP contribution < -0.4 is 4.90 Å². The Morgan fingerprint density at radius 3 is 2.69 bits per heavy atom. The summed E-state index contributed by atoms with van der Waals surface area (Å²) >= 11 is 0. The van der Waals surface area contributed by atoms with Crippen LogP contribution in [0.4, 0.5) is 11.4 Å². The number of hydrogen-bond donors (Lipinski definition) is 0. The molecule has 2 aromatic carbocycles. The van der Waals surface area contributed by atoms with Gasteiger partial charge in [-0.25, -0.2) is 0 Å². The summed E-state index contributed by atoms with van der Waals surface area (Å²) < 4.78 is 0. The Morgan fingerprint density at radius 1 is 1.19 bits per heavy atom. The van der Waals surface area contributed by atoms with E-state index in [1.165, 1.54) is 12.1 Å². The lowest BCUT2D eigenvalue weighted by molar-refractivity contribution is -0.384. The first-order valence-corrected chi connectivity index (χ1v) is 8.70. The van der Waals surface area contributed by atoms with Crippen LogP contribution in [0.25, 0.3) is 0 Å². The lowest BCUT2D eigenvalue weighted by Gasteiger charge is -2.28. The van der Waals surface area contributed by atoms with Crippen molar-refractivity contribution in [2.24, 2.45) is 4.99 Å². The number of aryl methyl sites for hydroxylation is 1. The molecule has 6 heteroatoms. The number of nitro groups is 1. The van der Waals surface area contributed by atoms with E-state index < -0.39 is 4.92 Å². The molecule has 0 aliphatic carbocycles. The lowest BCUT2D eigenvalue weighted by Crippen LogP contribution is -2.37. The maximum absolute atomic E-state index is 12.8. The Hall–Kier alpha value is -3.02. The average molecular weight is 351 g/mol. The number of carbonyl (C=O) groups is 1. The highest BCUT2D eigenvalue weighted by atomic mass is 16.6. The van der Waals surface area contributed by atoms with Gasteiger partial charge < -0.3 is 4.90 Å². The molecule has 0 saturated carbocycles. The van der Waals surface area contributed by atoms with Crippen LogP contribution in [-0.4, -0.2) is 29.6 Å². The van der Waals surface area contributed by atoms with Gasteiger partial charge in [-0.2, -0.15) is 0 Å². The molecule has 2 aromatic rings.